The van der Waals surface area contributed by atoms with E-state index in [1.54, 1.807) is 0 Å². The second-order valence-corrected chi connectivity index (χ2v) is 6.26. The highest BCUT2D eigenvalue weighted by Gasteiger charge is 2.15. The first-order chi connectivity index (χ1) is 8.66. The standard InChI is InChI=1S/C15H22BrNO/c1-11(2)14-9-13(16)3-4-15(14)18-10-12-5-7-17-8-6-12/h3-4,9,11-12,17H,5-8,10H2,1-2H3. The number of piperidine rings is 1. The summed E-state index contributed by atoms with van der Waals surface area (Å²) in [4.78, 5) is 0. The molecule has 0 amide bonds. The Morgan fingerprint density at radius 1 is 1.33 bits per heavy atom. The predicted octanol–water partition coefficient (Wildman–Crippen LogP) is 3.95. The van der Waals surface area contributed by atoms with Crippen LogP contribution >= 0.6 is 15.9 Å². The van der Waals surface area contributed by atoms with E-state index in [0.717, 1.165) is 29.9 Å². The third kappa shape index (κ3) is 3.72. The Labute approximate surface area is 118 Å². The predicted molar refractivity (Wildman–Crippen MR) is 79.3 cm³/mol. The maximum atomic E-state index is 6.04. The van der Waals surface area contributed by atoms with Crippen LogP contribution in [-0.4, -0.2) is 19.7 Å². The van der Waals surface area contributed by atoms with Crippen molar-refractivity contribution in [1.82, 2.24) is 5.32 Å². The molecule has 1 aliphatic rings. The molecular weight excluding hydrogens is 290 g/mol. The first kappa shape index (κ1) is 13.9. The molecule has 0 bridgehead atoms. The van der Waals surface area contributed by atoms with Gasteiger partial charge in [-0.05, 0) is 61.5 Å². The quantitative estimate of drug-likeness (QED) is 0.909. The average Bonchev–Trinajstić information content (AvgIpc) is 2.38. The summed E-state index contributed by atoms with van der Waals surface area (Å²) in [7, 11) is 0. The second-order valence-electron chi connectivity index (χ2n) is 5.34. The fraction of sp³-hybridized carbons (Fsp3) is 0.600. The molecule has 1 aromatic rings. The normalized spacial score (nSPS) is 17.1. The van der Waals surface area contributed by atoms with E-state index in [9.17, 15) is 0 Å². The number of halogens is 1. The van der Waals surface area contributed by atoms with Crippen molar-refractivity contribution in [3.63, 3.8) is 0 Å². The van der Waals surface area contributed by atoms with E-state index < -0.39 is 0 Å². The minimum Gasteiger partial charge on any atom is -0.493 e. The highest BCUT2D eigenvalue weighted by atomic mass is 79.9. The lowest BCUT2D eigenvalue weighted by Gasteiger charge is -2.23. The van der Waals surface area contributed by atoms with Crippen LogP contribution in [0.5, 0.6) is 5.75 Å². The Balaban J connectivity index is 1.99. The van der Waals surface area contributed by atoms with E-state index >= 15 is 0 Å². The summed E-state index contributed by atoms with van der Waals surface area (Å²) in [5.41, 5.74) is 1.29. The molecule has 3 heteroatoms. The van der Waals surface area contributed by atoms with Gasteiger partial charge in [0.25, 0.3) is 0 Å². The molecule has 18 heavy (non-hydrogen) atoms. The molecular formula is C15H22BrNO. The highest BCUT2D eigenvalue weighted by Crippen LogP contribution is 2.30. The van der Waals surface area contributed by atoms with E-state index in [-0.39, 0.29) is 0 Å². The molecule has 0 spiro atoms. The van der Waals surface area contributed by atoms with Crippen molar-refractivity contribution in [2.45, 2.75) is 32.6 Å². The van der Waals surface area contributed by atoms with E-state index in [2.05, 4.69) is 53.3 Å². The van der Waals surface area contributed by atoms with Crippen LogP contribution in [0.4, 0.5) is 0 Å². The highest BCUT2D eigenvalue weighted by molar-refractivity contribution is 9.10. The molecule has 2 rings (SSSR count). The number of hydrogen-bond donors (Lipinski definition) is 1. The van der Waals surface area contributed by atoms with Gasteiger partial charge in [-0.1, -0.05) is 29.8 Å². The maximum absolute atomic E-state index is 6.04. The largest absolute Gasteiger partial charge is 0.493 e. The maximum Gasteiger partial charge on any atom is 0.122 e. The molecule has 1 saturated heterocycles. The summed E-state index contributed by atoms with van der Waals surface area (Å²) in [6.07, 6.45) is 2.46. The SMILES string of the molecule is CC(C)c1cc(Br)ccc1OCC1CCNCC1. The van der Waals surface area contributed by atoms with E-state index in [0.29, 0.717) is 11.8 Å². The van der Waals surface area contributed by atoms with Crippen molar-refractivity contribution < 1.29 is 4.74 Å². The van der Waals surface area contributed by atoms with Gasteiger partial charge in [0.15, 0.2) is 0 Å². The summed E-state index contributed by atoms with van der Waals surface area (Å²) < 4.78 is 7.17. The first-order valence-corrected chi connectivity index (χ1v) is 7.59. The molecule has 0 atom stereocenters. The van der Waals surface area contributed by atoms with E-state index in [4.69, 9.17) is 4.74 Å². The smallest absolute Gasteiger partial charge is 0.122 e. The van der Waals surface area contributed by atoms with Gasteiger partial charge in [0, 0.05) is 4.47 Å². The van der Waals surface area contributed by atoms with Crippen LogP contribution in [0.15, 0.2) is 22.7 Å². The molecule has 1 N–H and O–H groups in total. The Hall–Kier alpha value is -0.540. The molecule has 0 saturated carbocycles. The summed E-state index contributed by atoms with van der Waals surface area (Å²) in [6, 6.07) is 6.31. The number of benzene rings is 1. The van der Waals surface area contributed by atoms with Crippen molar-refractivity contribution in [1.29, 1.82) is 0 Å². The van der Waals surface area contributed by atoms with Gasteiger partial charge < -0.3 is 10.1 Å². The van der Waals surface area contributed by atoms with Crippen LogP contribution in [-0.2, 0) is 0 Å². The number of hydrogen-bond acceptors (Lipinski definition) is 2. The Kier molecular flexibility index (Phi) is 5.07. The molecule has 1 fully saturated rings. The number of ether oxygens (including phenoxy) is 1. The third-order valence-electron chi connectivity index (χ3n) is 3.53. The fourth-order valence-electron chi connectivity index (χ4n) is 2.36. The van der Waals surface area contributed by atoms with E-state index in [1.807, 2.05) is 0 Å². The molecule has 1 heterocycles. The second kappa shape index (κ2) is 6.58. The van der Waals surface area contributed by atoms with Crippen LogP contribution < -0.4 is 10.1 Å². The lowest BCUT2D eigenvalue weighted by molar-refractivity contribution is 0.213. The molecule has 0 aromatic heterocycles. The van der Waals surface area contributed by atoms with Gasteiger partial charge in [0.2, 0.25) is 0 Å². The van der Waals surface area contributed by atoms with Gasteiger partial charge in [-0.2, -0.15) is 0 Å². The zero-order valence-electron chi connectivity index (χ0n) is 11.2. The van der Waals surface area contributed by atoms with Crippen molar-refractivity contribution in [3.8, 4) is 5.75 Å². The minimum atomic E-state index is 0.491. The molecule has 2 nitrogen and oxygen atoms in total. The van der Waals surface area contributed by atoms with Crippen LogP contribution in [0.2, 0.25) is 0 Å². The van der Waals surface area contributed by atoms with Gasteiger partial charge in [0.05, 0.1) is 6.61 Å². The summed E-state index contributed by atoms with van der Waals surface area (Å²) in [5, 5.41) is 3.39. The van der Waals surface area contributed by atoms with Gasteiger partial charge in [-0.25, -0.2) is 0 Å². The Morgan fingerprint density at radius 3 is 2.72 bits per heavy atom. The van der Waals surface area contributed by atoms with E-state index in [1.165, 1.54) is 18.4 Å². The molecule has 0 radical (unpaired) electrons. The molecule has 0 unspecified atom stereocenters. The lowest BCUT2D eigenvalue weighted by Crippen LogP contribution is -2.30. The average molecular weight is 312 g/mol. The first-order valence-electron chi connectivity index (χ1n) is 6.80. The van der Waals surface area contributed by atoms with Crippen LogP contribution in [0, 0.1) is 5.92 Å². The minimum absolute atomic E-state index is 0.491. The number of nitrogens with one attached hydrogen (secondary N) is 1. The van der Waals surface area contributed by atoms with Crippen LogP contribution in [0.1, 0.15) is 38.2 Å². The van der Waals surface area contributed by atoms with Crippen molar-refractivity contribution in [2.24, 2.45) is 5.92 Å². The van der Waals surface area contributed by atoms with Gasteiger partial charge in [-0.15, -0.1) is 0 Å². The van der Waals surface area contributed by atoms with Gasteiger partial charge >= 0.3 is 0 Å². The summed E-state index contributed by atoms with van der Waals surface area (Å²) in [5.74, 6) is 2.24. The fourth-order valence-corrected chi connectivity index (χ4v) is 2.74. The third-order valence-corrected chi connectivity index (χ3v) is 4.02. The van der Waals surface area contributed by atoms with Gasteiger partial charge in [-0.3, -0.25) is 0 Å². The summed E-state index contributed by atoms with van der Waals surface area (Å²) >= 11 is 3.53. The molecule has 1 aromatic carbocycles. The Bertz CT molecular complexity index is 386. The summed E-state index contributed by atoms with van der Waals surface area (Å²) in [6.45, 7) is 7.53. The number of rotatable bonds is 4. The zero-order chi connectivity index (χ0) is 13.0. The van der Waals surface area contributed by atoms with Crippen molar-refractivity contribution in [2.75, 3.05) is 19.7 Å². The van der Waals surface area contributed by atoms with Crippen molar-refractivity contribution in [3.05, 3.63) is 28.2 Å². The van der Waals surface area contributed by atoms with Gasteiger partial charge in [0.1, 0.15) is 5.75 Å². The van der Waals surface area contributed by atoms with Crippen LogP contribution in [0.25, 0.3) is 0 Å². The molecule has 1 aliphatic heterocycles. The monoisotopic (exact) mass is 311 g/mol. The lowest BCUT2D eigenvalue weighted by atomic mass is 9.99. The van der Waals surface area contributed by atoms with Crippen molar-refractivity contribution >= 4 is 15.9 Å². The zero-order valence-corrected chi connectivity index (χ0v) is 12.8. The Morgan fingerprint density at radius 2 is 2.06 bits per heavy atom. The molecule has 100 valence electrons. The van der Waals surface area contributed by atoms with Crippen LogP contribution in [0.3, 0.4) is 0 Å². The topological polar surface area (TPSA) is 21.3 Å². The molecule has 0 aliphatic carbocycles.